The van der Waals surface area contributed by atoms with E-state index in [4.69, 9.17) is 0 Å². The van der Waals surface area contributed by atoms with Gasteiger partial charge in [-0.1, -0.05) is 24.3 Å². The number of nitrogens with zero attached hydrogens (tertiary/aromatic N) is 2. The van der Waals surface area contributed by atoms with Crippen LogP contribution in [0.4, 0.5) is 0 Å². The van der Waals surface area contributed by atoms with Gasteiger partial charge in [-0.3, -0.25) is 0 Å². The van der Waals surface area contributed by atoms with Crippen LogP contribution in [0.25, 0.3) is 22.5 Å². The minimum absolute atomic E-state index is 0.124. The summed E-state index contributed by atoms with van der Waals surface area (Å²) in [5.74, 6) is -2.42. The van der Waals surface area contributed by atoms with Crippen molar-refractivity contribution in [1.29, 1.82) is 0 Å². The average molecular weight is 396 g/mol. The molecule has 0 saturated heterocycles. The summed E-state index contributed by atoms with van der Waals surface area (Å²) in [6.45, 7) is 0. The van der Waals surface area contributed by atoms with E-state index in [-0.39, 0.29) is 11.1 Å². The van der Waals surface area contributed by atoms with Crippen LogP contribution in [-0.4, -0.2) is 11.9 Å². The number of pyridine rings is 2. The summed E-state index contributed by atoms with van der Waals surface area (Å²) < 4.78 is 3.65. The maximum absolute atomic E-state index is 11.1. The second-order valence-corrected chi connectivity index (χ2v) is 6.66. The molecular formula is C24H16N2O4. The first kappa shape index (κ1) is 19.0. The summed E-state index contributed by atoms with van der Waals surface area (Å²) in [6.07, 6.45) is 7.42. The van der Waals surface area contributed by atoms with Crippen molar-refractivity contribution in [2.75, 3.05) is 0 Å². The van der Waals surface area contributed by atoms with Crippen molar-refractivity contribution in [2.45, 2.75) is 0 Å². The molecular weight excluding hydrogens is 380 g/mol. The Morgan fingerprint density at radius 3 is 1.27 bits per heavy atom. The fraction of sp³-hybridized carbons (Fsp3) is 0. The van der Waals surface area contributed by atoms with Gasteiger partial charge in [-0.2, -0.15) is 9.13 Å². The van der Waals surface area contributed by atoms with E-state index in [1.54, 1.807) is 24.3 Å². The molecule has 0 atom stereocenters. The first-order chi connectivity index (χ1) is 14.5. The number of carbonyl (C=O) groups is 2. The Hall–Kier alpha value is -4.32. The van der Waals surface area contributed by atoms with Crippen LogP contribution in [0.2, 0.25) is 0 Å². The lowest BCUT2D eigenvalue weighted by atomic mass is 10.1. The highest BCUT2D eigenvalue weighted by atomic mass is 16.4. The minimum Gasteiger partial charge on any atom is -0.545 e. The van der Waals surface area contributed by atoms with Gasteiger partial charge in [0.1, 0.15) is 0 Å². The summed E-state index contributed by atoms with van der Waals surface area (Å²) in [6, 6.07) is 20.8. The average Bonchev–Trinajstić information content (AvgIpc) is 2.79. The SMILES string of the molecule is O=C([O-])c1cccc(-[n+]2ccc(-c3cc[n+](-c4cccc(C(=O)[O-])c4)cc3)cc2)c1. The topological polar surface area (TPSA) is 88.0 Å². The number of carbonyl (C=O) groups excluding carboxylic acids is 2. The first-order valence-corrected chi connectivity index (χ1v) is 9.18. The van der Waals surface area contributed by atoms with Crippen LogP contribution in [0.3, 0.4) is 0 Å². The predicted molar refractivity (Wildman–Crippen MR) is 104 cm³/mol. The van der Waals surface area contributed by atoms with Gasteiger partial charge in [0.15, 0.2) is 24.8 Å². The zero-order valence-corrected chi connectivity index (χ0v) is 15.8. The summed E-state index contributed by atoms with van der Waals surface area (Å²) in [7, 11) is 0. The van der Waals surface area contributed by atoms with Gasteiger partial charge >= 0.3 is 0 Å². The van der Waals surface area contributed by atoms with Crippen molar-refractivity contribution in [3.05, 3.63) is 109 Å². The van der Waals surface area contributed by atoms with Gasteiger partial charge in [-0.05, 0) is 11.1 Å². The molecule has 6 heteroatoms. The summed E-state index contributed by atoms with van der Waals surface area (Å²) in [4.78, 5) is 22.1. The number of hydrogen-bond acceptors (Lipinski definition) is 4. The molecule has 2 aromatic heterocycles. The number of aromatic carboxylic acids is 2. The zero-order chi connectivity index (χ0) is 21.1. The second kappa shape index (κ2) is 7.97. The summed E-state index contributed by atoms with van der Waals surface area (Å²) >= 11 is 0. The smallest absolute Gasteiger partial charge is 0.211 e. The number of carboxylic acid groups (broad SMARTS) is 2. The zero-order valence-electron chi connectivity index (χ0n) is 15.8. The van der Waals surface area contributed by atoms with Gasteiger partial charge in [0.2, 0.25) is 11.4 Å². The number of benzene rings is 2. The Bertz CT molecular complexity index is 1130. The van der Waals surface area contributed by atoms with Crippen LogP contribution >= 0.6 is 0 Å². The van der Waals surface area contributed by atoms with E-state index in [2.05, 4.69) is 0 Å². The second-order valence-electron chi connectivity index (χ2n) is 6.66. The Balaban J connectivity index is 1.58. The highest BCUT2D eigenvalue weighted by Crippen LogP contribution is 2.17. The molecule has 0 N–H and O–H groups in total. The lowest BCUT2D eigenvalue weighted by molar-refractivity contribution is -0.596. The highest BCUT2D eigenvalue weighted by molar-refractivity contribution is 5.86. The van der Waals surface area contributed by atoms with E-state index in [1.165, 1.54) is 12.1 Å². The molecule has 0 aliphatic heterocycles. The Morgan fingerprint density at radius 2 is 0.933 bits per heavy atom. The molecule has 2 heterocycles. The highest BCUT2D eigenvalue weighted by Gasteiger charge is 2.11. The van der Waals surface area contributed by atoms with E-state index >= 15 is 0 Å². The molecule has 0 unspecified atom stereocenters. The van der Waals surface area contributed by atoms with Crippen molar-refractivity contribution in [3.63, 3.8) is 0 Å². The summed E-state index contributed by atoms with van der Waals surface area (Å²) in [5.41, 5.74) is 3.67. The van der Waals surface area contributed by atoms with E-state index in [9.17, 15) is 19.8 Å². The molecule has 2 aromatic carbocycles. The fourth-order valence-corrected chi connectivity index (χ4v) is 3.17. The molecule has 0 aliphatic carbocycles. The van der Waals surface area contributed by atoms with Crippen LogP contribution in [0.5, 0.6) is 0 Å². The number of aromatic nitrogens is 2. The van der Waals surface area contributed by atoms with Crippen LogP contribution in [-0.2, 0) is 0 Å². The standard InChI is InChI=1S/C24H16N2O4/c27-23(28)19-3-1-5-21(15-19)25-11-7-17(8-12-25)18-9-13-26(14-10-18)22-6-2-4-20(16-22)24(29)30/h1-16H. The normalized spacial score (nSPS) is 10.5. The van der Waals surface area contributed by atoms with E-state index in [1.807, 2.05) is 70.3 Å². The van der Waals surface area contributed by atoms with Crippen molar-refractivity contribution in [3.8, 4) is 22.5 Å². The third-order valence-electron chi connectivity index (χ3n) is 4.75. The Labute approximate surface area is 172 Å². The fourth-order valence-electron chi connectivity index (χ4n) is 3.17. The monoisotopic (exact) mass is 396 g/mol. The van der Waals surface area contributed by atoms with Crippen molar-refractivity contribution < 1.29 is 28.9 Å². The van der Waals surface area contributed by atoms with Crippen LogP contribution in [0.1, 0.15) is 20.7 Å². The molecule has 4 rings (SSSR count). The summed E-state index contributed by atoms with van der Waals surface area (Å²) in [5, 5.41) is 22.1. The maximum Gasteiger partial charge on any atom is 0.211 e. The number of hydrogen-bond donors (Lipinski definition) is 0. The minimum atomic E-state index is -1.21. The van der Waals surface area contributed by atoms with Gasteiger partial charge in [0, 0.05) is 59.7 Å². The molecule has 0 spiro atoms. The maximum atomic E-state index is 11.1. The molecule has 146 valence electrons. The van der Waals surface area contributed by atoms with E-state index in [0.29, 0.717) is 0 Å². The van der Waals surface area contributed by atoms with Crippen molar-refractivity contribution in [1.82, 2.24) is 0 Å². The Kier molecular flexibility index (Phi) is 5.05. The molecule has 0 aliphatic rings. The molecule has 0 saturated carbocycles. The molecule has 0 amide bonds. The Morgan fingerprint density at radius 1 is 0.567 bits per heavy atom. The van der Waals surface area contributed by atoms with Gasteiger partial charge in [0.05, 0.1) is 11.9 Å². The van der Waals surface area contributed by atoms with Gasteiger partial charge in [0.25, 0.3) is 0 Å². The molecule has 0 radical (unpaired) electrons. The number of rotatable bonds is 5. The third-order valence-corrected chi connectivity index (χ3v) is 4.75. The largest absolute Gasteiger partial charge is 0.545 e. The van der Waals surface area contributed by atoms with Crippen LogP contribution < -0.4 is 19.3 Å². The quantitative estimate of drug-likeness (QED) is 0.463. The van der Waals surface area contributed by atoms with Crippen molar-refractivity contribution in [2.24, 2.45) is 0 Å². The van der Waals surface area contributed by atoms with Gasteiger partial charge in [-0.25, -0.2) is 0 Å². The van der Waals surface area contributed by atoms with E-state index in [0.717, 1.165) is 22.5 Å². The first-order valence-electron chi connectivity index (χ1n) is 9.18. The van der Waals surface area contributed by atoms with E-state index < -0.39 is 11.9 Å². The number of carboxylic acids is 2. The van der Waals surface area contributed by atoms with Gasteiger partial charge < -0.3 is 19.8 Å². The molecule has 4 aromatic rings. The predicted octanol–water partition coefficient (Wildman–Crippen LogP) is 0.634. The van der Waals surface area contributed by atoms with Crippen molar-refractivity contribution >= 4 is 11.9 Å². The molecule has 0 fully saturated rings. The molecule has 0 bridgehead atoms. The van der Waals surface area contributed by atoms with Crippen LogP contribution in [0, 0.1) is 0 Å². The molecule has 30 heavy (non-hydrogen) atoms. The van der Waals surface area contributed by atoms with Gasteiger partial charge in [-0.15, -0.1) is 0 Å². The lowest BCUT2D eigenvalue weighted by Crippen LogP contribution is -2.31. The third kappa shape index (κ3) is 3.93. The van der Waals surface area contributed by atoms with Crippen LogP contribution in [0.15, 0.2) is 97.6 Å². The lowest BCUT2D eigenvalue weighted by Gasteiger charge is -2.04. The molecule has 6 nitrogen and oxygen atoms in total.